The van der Waals surface area contributed by atoms with Crippen molar-refractivity contribution >= 4 is 29.5 Å². The zero-order valence-electron chi connectivity index (χ0n) is 33.6. The van der Waals surface area contributed by atoms with E-state index < -0.39 is 0 Å². The molecule has 0 spiro atoms. The van der Waals surface area contributed by atoms with Crippen LogP contribution in [0.2, 0.25) is 0 Å². The molecule has 0 aromatic heterocycles. The van der Waals surface area contributed by atoms with E-state index in [4.69, 9.17) is 33.2 Å². The van der Waals surface area contributed by atoms with Crippen LogP contribution in [0.5, 0.6) is 0 Å². The number of rotatable bonds is 27. The minimum absolute atomic E-state index is 0.0851. The zero-order chi connectivity index (χ0) is 38.9. The first-order chi connectivity index (χ1) is 26.9. The van der Waals surface area contributed by atoms with Crippen molar-refractivity contribution in [2.45, 2.75) is 154 Å². The largest absolute Gasteiger partial charge is 0.462 e. The van der Waals surface area contributed by atoms with Crippen molar-refractivity contribution in [3.05, 3.63) is 47.5 Å². The van der Waals surface area contributed by atoms with E-state index in [2.05, 4.69) is 43.3 Å². The third kappa shape index (κ3) is 18.2. The average Bonchev–Trinajstić information content (AvgIpc) is 3.48. The molecule has 1 aliphatic carbocycles. The predicted molar refractivity (Wildman–Crippen MR) is 215 cm³/mol. The molecule has 2 unspecified atom stereocenters. The standard InChI is InChI=1S/C44H68O10S/c1-3-4-5-6-7-8-17-41(46)49-26-27-50-42(47)18-14-28-55-29-23-37-38(40(32-39(37)45)54-44-20-10-12-25-52-44)22-21-36(53-43-19-9-11-24-51-43)31-34-15-13-16-35(30-34)33-48-2/h13,15-16,21-22,30,36-38,40,43-44H,3-12,14,17-20,23-29,31-33H2,1-2H3/t36-,37-,38-,40-,43?,44?/m1/s1. The molecule has 1 aromatic rings. The molecule has 2 saturated heterocycles. The maximum Gasteiger partial charge on any atom is 0.305 e. The third-order valence-electron chi connectivity index (χ3n) is 10.5. The molecule has 2 heterocycles. The van der Waals surface area contributed by atoms with E-state index in [9.17, 15) is 14.4 Å². The number of unbranched alkanes of at least 4 members (excludes halogenated alkanes) is 5. The Bertz CT molecular complexity index is 1260. The highest BCUT2D eigenvalue weighted by molar-refractivity contribution is 7.99. The van der Waals surface area contributed by atoms with Gasteiger partial charge in [0.1, 0.15) is 19.0 Å². The minimum atomic E-state index is -0.283. The van der Waals surface area contributed by atoms with Crippen LogP contribution >= 0.6 is 11.8 Å². The summed E-state index contributed by atoms with van der Waals surface area (Å²) in [6, 6.07) is 8.40. The number of ketones is 1. The van der Waals surface area contributed by atoms with E-state index in [1.807, 2.05) is 0 Å². The predicted octanol–water partition coefficient (Wildman–Crippen LogP) is 8.70. The Balaban J connectivity index is 1.24. The summed E-state index contributed by atoms with van der Waals surface area (Å²) in [5, 5.41) is 0. The molecule has 0 radical (unpaired) electrons. The summed E-state index contributed by atoms with van der Waals surface area (Å²) in [4.78, 5) is 37.7. The lowest BCUT2D eigenvalue weighted by atomic mass is 9.90. The maximum absolute atomic E-state index is 13.5. The Morgan fingerprint density at radius 3 is 2.27 bits per heavy atom. The van der Waals surface area contributed by atoms with E-state index in [0.29, 0.717) is 51.9 Å². The smallest absolute Gasteiger partial charge is 0.305 e. The van der Waals surface area contributed by atoms with Gasteiger partial charge in [0.25, 0.3) is 0 Å². The molecule has 6 atom stereocenters. The summed E-state index contributed by atoms with van der Waals surface area (Å²) in [6.07, 6.45) is 19.1. The first-order valence-corrected chi connectivity index (χ1v) is 22.3. The van der Waals surface area contributed by atoms with Crippen molar-refractivity contribution in [2.75, 3.05) is 45.0 Å². The Morgan fingerprint density at radius 1 is 0.873 bits per heavy atom. The Labute approximate surface area is 334 Å². The van der Waals surface area contributed by atoms with Gasteiger partial charge in [-0.25, -0.2) is 0 Å². The van der Waals surface area contributed by atoms with Crippen LogP contribution in [0.4, 0.5) is 0 Å². The van der Waals surface area contributed by atoms with Gasteiger partial charge >= 0.3 is 11.9 Å². The summed E-state index contributed by atoms with van der Waals surface area (Å²) in [6.45, 7) is 4.31. The summed E-state index contributed by atoms with van der Waals surface area (Å²) < 4.78 is 40.8. The number of esters is 2. The fraction of sp³-hybridized carbons (Fsp3) is 0.750. The monoisotopic (exact) mass is 788 g/mol. The van der Waals surface area contributed by atoms with Gasteiger partial charge in [0.2, 0.25) is 0 Å². The molecule has 4 rings (SSSR count). The van der Waals surface area contributed by atoms with Gasteiger partial charge in [0.15, 0.2) is 12.6 Å². The van der Waals surface area contributed by atoms with E-state index in [1.54, 1.807) is 18.9 Å². The molecule has 0 N–H and O–H groups in total. The van der Waals surface area contributed by atoms with Crippen LogP contribution in [-0.2, 0) is 60.6 Å². The van der Waals surface area contributed by atoms with Gasteiger partial charge in [-0.05, 0) is 80.4 Å². The summed E-state index contributed by atoms with van der Waals surface area (Å²) in [5.41, 5.74) is 2.27. The second kappa shape index (κ2) is 27.4. The van der Waals surface area contributed by atoms with Crippen LogP contribution in [0.25, 0.3) is 0 Å². The molecule has 11 heteroatoms. The number of carbonyl (C=O) groups is 3. The van der Waals surface area contributed by atoms with E-state index in [0.717, 1.165) is 86.8 Å². The highest BCUT2D eigenvalue weighted by Gasteiger charge is 2.42. The number of ether oxygens (including phenoxy) is 7. The van der Waals surface area contributed by atoms with Gasteiger partial charge in [-0.1, -0.05) is 75.4 Å². The van der Waals surface area contributed by atoms with Gasteiger partial charge < -0.3 is 33.2 Å². The Morgan fingerprint density at radius 2 is 1.56 bits per heavy atom. The lowest BCUT2D eigenvalue weighted by Gasteiger charge is -2.29. The highest BCUT2D eigenvalue weighted by atomic mass is 32.2. The molecule has 0 bridgehead atoms. The molecule has 3 aliphatic rings. The van der Waals surface area contributed by atoms with Crippen molar-refractivity contribution in [1.82, 2.24) is 0 Å². The minimum Gasteiger partial charge on any atom is -0.462 e. The fourth-order valence-corrected chi connectivity index (χ4v) is 8.50. The number of methoxy groups -OCH3 is 1. The number of hydrogen-bond acceptors (Lipinski definition) is 11. The van der Waals surface area contributed by atoms with Gasteiger partial charge in [0.05, 0.1) is 18.8 Å². The molecule has 55 heavy (non-hydrogen) atoms. The summed E-state index contributed by atoms with van der Waals surface area (Å²) in [5.74, 6) is 1.06. The zero-order valence-corrected chi connectivity index (χ0v) is 34.4. The summed E-state index contributed by atoms with van der Waals surface area (Å²) >= 11 is 1.75. The second-order valence-corrected chi connectivity index (χ2v) is 16.3. The van der Waals surface area contributed by atoms with Crippen LogP contribution < -0.4 is 0 Å². The molecule has 10 nitrogen and oxygen atoms in total. The van der Waals surface area contributed by atoms with Gasteiger partial charge in [-0.15, -0.1) is 0 Å². The van der Waals surface area contributed by atoms with Gasteiger partial charge in [-0.2, -0.15) is 11.8 Å². The fourth-order valence-electron chi connectivity index (χ4n) is 7.53. The second-order valence-electron chi connectivity index (χ2n) is 15.1. The van der Waals surface area contributed by atoms with Crippen LogP contribution in [0.15, 0.2) is 36.4 Å². The van der Waals surface area contributed by atoms with Crippen molar-refractivity contribution in [3.8, 4) is 0 Å². The number of carbonyl (C=O) groups excluding carboxylic acids is 3. The van der Waals surface area contributed by atoms with Crippen molar-refractivity contribution in [1.29, 1.82) is 0 Å². The van der Waals surface area contributed by atoms with Gasteiger partial charge in [0, 0.05) is 57.8 Å². The number of hydrogen-bond donors (Lipinski definition) is 0. The maximum atomic E-state index is 13.5. The number of benzene rings is 1. The molecular formula is C44H68O10S. The van der Waals surface area contributed by atoms with Crippen LogP contribution in [0, 0.1) is 11.8 Å². The molecule has 2 aliphatic heterocycles. The highest BCUT2D eigenvalue weighted by Crippen LogP contribution is 2.37. The normalized spacial score (nSPS) is 23.6. The first-order valence-electron chi connectivity index (χ1n) is 21.2. The van der Waals surface area contributed by atoms with Crippen LogP contribution in [0.3, 0.4) is 0 Å². The topological polar surface area (TPSA) is 116 Å². The lowest BCUT2D eigenvalue weighted by Crippen LogP contribution is -2.31. The SMILES string of the molecule is CCCCCCCCC(=O)OCCOC(=O)CCCSCC[C@H]1C(=O)C[C@@H](OC2CCCCO2)[C@@H]1C=C[C@H](Cc1cccc(COC)c1)OC1CCCCO1. The van der Waals surface area contributed by atoms with Gasteiger partial charge in [-0.3, -0.25) is 14.4 Å². The number of thioether (sulfide) groups is 1. The van der Waals surface area contributed by atoms with E-state index in [1.165, 1.54) is 19.3 Å². The Hall–Kier alpha value is -2.28. The molecule has 0 amide bonds. The Kier molecular flexibility index (Phi) is 22.6. The molecule has 310 valence electrons. The molecular weight excluding hydrogens is 721 g/mol. The van der Waals surface area contributed by atoms with Crippen LogP contribution in [0.1, 0.15) is 127 Å². The number of Topliss-reactive ketones (excluding diaryl/α,β-unsaturated/α-hetero) is 1. The molecule has 1 saturated carbocycles. The van der Waals surface area contributed by atoms with Crippen molar-refractivity contribution < 1.29 is 47.5 Å². The average molecular weight is 789 g/mol. The van der Waals surface area contributed by atoms with E-state index >= 15 is 0 Å². The quantitative estimate of drug-likeness (QED) is 0.0485. The first kappa shape index (κ1) is 45.4. The lowest BCUT2D eigenvalue weighted by molar-refractivity contribution is -0.192. The van der Waals surface area contributed by atoms with Crippen molar-refractivity contribution in [2.24, 2.45) is 11.8 Å². The summed E-state index contributed by atoms with van der Waals surface area (Å²) in [7, 11) is 1.70. The molecule has 1 aromatic carbocycles. The molecule has 3 fully saturated rings. The van der Waals surface area contributed by atoms with Crippen molar-refractivity contribution in [3.63, 3.8) is 0 Å². The third-order valence-corrected chi connectivity index (χ3v) is 11.6. The van der Waals surface area contributed by atoms with Crippen LogP contribution in [-0.4, -0.2) is 87.6 Å². The van der Waals surface area contributed by atoms with E-state index in [-0.39, 0.29) is 67.6 Å².